The summed E-state index contributed by atoms with van der Waals surface area (Å²) >= 11 is 0. The van der Waals surface area contributed by atoms with E-state index in [9.17, 15) is 31.2 Å². The van der Waals surface area contributed by atoms with Crippen LogP contribution in [0.4, 0.5) is 13.2 Å². The highest BCUT2D eigenvalue weighted by Gasteiger charge is 2.49. The number of ketones is 1. The molecule has 0 aliphatic carbocycles. The van der Waals surface area contributed by atoms with Crippen LogP contribution >= 0.6 is 0 Å². The number of carbonyl (C=O) groups excluding carboxylic acids is 2. The highest BCUT2D eigenvalue weighted by Crippen LogP contribution is 2.41. The molecule has 11 heteroatoms. The van der Waals surface area contributed by atoms with Gasteiger partial charge in [0.15, 0.2) is 9.84 Å². The summed E-state index contributed by atoms with van der Waals surface area (Å²) in [6.07, 6.45) is -4.06. The molecule has 1 aromatic heterocycles. The van der Waals surface area contributed by atoms with Crippen LogP contribution in [0.15, 0.2) is 41.3 Å². The number of rotatable bonds is 4. The van der Waals surface area contributed by atoms with Crippen molar-refractivity contribution in [1.82, 2.24) is 14.8 Å². The van der Waals surface area contributed by atoms with Crippen molar-refractivity contribution >= 4 is 21.5 Å². The number of hydrogen-bond acceptors (Lipinski definition) is 5. The molecule has 198 valence electrons. The number of hydrogen-bond donors (Lipinski definition) is 1. The minimum Gasteiger partial charge on any atom is -0.338 e. The first-order valence-electron chi connectivity index (χ1n) is 11.8. The van der Waals surface area contributed by atoms with E-state index in [1.54, 1.807) is 24.8 Å². The standard InChI is InChI=1S/C25H30F3N3O4S.H2/c1-16(2)36(34,35)18-7-5-17(6-8-18)22(33)30-13-11-24(12-14-30)20-10-9-19(21(32)25(26,27)28)31(20)15-23(3,4)29-24;/h5-10,16,29H,11-15H2,1-4H3;1H. The van der Waals surface area contributed by atoms with Crippen molar-refractivity contribution < 1.29 is 32.6 Å². The third-order valence-electron chi connectivity index (χ3n) is 7.05. The summed E-state index contributed by atoms with van der Waals surface area (Å²) in [4.78, 5) is 27.0. The molecule has 0 saturated carbocycles. The molecule has 0 bridgehead atoms. The summed E-state index contributed by atoms with van der Waals surface area (Å²) in [7, 11) is -3.45. The number of fused-ring (bicyclic) bond motifs is 2. The van der Waals surface area contributed by atoms with Crippen LogP contribution in [0.2, 0.25) is 0 Å². The maximum absolute atomic E-state index is 13.2. The molecule has 36 heavy (non-hydrogen) atoms. The lowest BCUT2D eigenvalue weighted by molar-refractivity contribution is -0.0892. The maximum Gasteiger partial charge on any atom is 0.456 e. The van der Waals surface area contributed by atoms with E-state index in [-0.39, 0.29) is 24.5 Å². The smallest absolute Gasteiger partial charge is 0.338 e. The van der Waals surface area contributed by atoms with Gasteiger partial charge in [-0.1, -0.05) is 0 Å². The van der Waals surface area contributed by atoms with Gasteiger partial charge >= 0.3 is 6.18 Å². The fourth-order valence-electron chi connectivity index (χ4n) is 5.26. The summed E-state index contributed by atoms with van der Waals surface area (Å²) in [6, 6.07) is 8.69. The largest absolute Gasteiger partial charge is 0.456 e. The molecule has 4 rings (SSSR count). The molecule has 1 saturated heterocycles. The van der Waals surface area contributed by atoms with Crippen molar-refractivity contribution in [3.63, 3.8) is 0 Å². The van der Waals surface area contributed by atoms with E-state index in [0.29, 0.717) is 37.2 Å². The number of alkyl halides is 3. The van der Waals surface area contributed by atoms with Crippen molar-refractivity contribution in [3.05, 3.63) is 53.3 Å². The molecular formula is C25H32F3N3O4S. The van der Waals surface area contributed by atoms with Gasteiger partial charge in [-0.15, -0.1) is 0 Å². The van der Waals surface area contributed by atoms with E-state index in [4.69, 9.17) is 0 Å². The van der Waals surface area contributed by atoms with E-state index in [0.717, 1.165) is 0 Å². The lowest BCUT2D eigenvalue weighted by atomic mass is 9.79. The lowest BCUT2D eigenvalue weighted by Gasteiger charge is -2.51. The van der Waals surface area contributed by atoms with Crippen LogP contribution in [0.25, 0.3) is 0 Å². The number of aromatic nitrogens is 1. The number of likely N-dealkylation sites (tertiary alicyclic amines) is 1. The van der Waals surface area contributed by atoms with Gasteiger partial charge in [0.2, 0.25) is 0 Å². The third-order valence-corrected chi connectivity index (χ3v) is 9.22. The van der Waals surface area contributed by atoms with Crippen LogP contribution in [-0.4, -0.2) is 59.6 Å². The number of piperidine rings is 1. The normalized spacial score (nSPS) is 19.4. The van der Waals surface area contributed by atoms with Crippen LogP contribution in [0.5, 0.6) is 0 Å². The van der Waals surface area contributed by atoms with Gasteiger partial charge in [-0.2, -0.15) is 13.2 Å². The van der Waals surface area contributed by atoms with Gasteiger partial charge in [0.05, 0.1) is 21.4 Å². The number of Topliss-reactive ketones (excluding diaryl/α,β-unsaturated/α-hetero) is 1. The maximum atomic E-state index is 13.2. The molecule has 1 spiro atoms. The Morgan fingerprint density at radius 2 is 1.61 bits per heavy atom. The minimum absolute atomic E-state index is 0. The molecule has 0 unspecified atom stereocenters. The number of amides is 1. The molecule has 1 amide bonds. The number of sulfone groups is 1. The Kier molecular flexibility index (Phi) is 6.40. The molecular weight excluding hydrogens is 495 g/mol. The Labute approximate surface area is 210 Å². The highest BCUT2D eigenvalue weighted by molar-refractivity contribution is 7.92. The van der Waals surface area contributed by atoms with Crippen LogP contribution in [0.3, 0.4) is 0 Å². The molecule has 3 heterocycles. The lowest BCUT2D eigenvalue weighted by Crippen LogP contribution is -2.63. The quantitative estimate of drug-likeness (QED) is 0.603. The van der Waals surface area contributed by atoms with Crippen LogP contribution < -0.4 is 5.32 Å². The second kappa shape index (κ2) is 8.72. The molecule has 0 radical (unpaired) electrons. The average Bonchev–Trinajstić information content (AvgIpc) is 3.21. The van der Waals surface area contributed by atoms with Crippen molar-refractivity contribution in [2.45, 2.75) is 74.5 Å². The number of carbonyl (C=O) groups is 2. The minimum atomic E-state index is -4.96. The zero-order valence-corrected chi connectivity index (χ0v) is 21.5. The second-order valence-electron chi connectivity index (χ2n) is 10.5. The molecule has 7 nitrogen and oxygen atoms in total. The Hall–Kier alpha value is -2.66. The number of benzene rings is 1. The Morgan fingerprint density at radius 1 is 1.03 bits per heavy atom. The SMILES string of the molecule is CC(C)S(=O)(=O)c1ccc(C(=O)N2CCC3(CC2)NC(C)(C)Cn2c(C(=O)C(F)(F)F)ccc23)cc1.[HH]. The van der Waals surface area contributed by atoms with Crippen molar-refractivity contribution in [1.29, 1.82) is 0 Å². The predicted octanol–water partition coefficient (Wildman–Crippen LogP) is 4.17. The van der Waals surface area contributed by atoms with Gasteiger partial charge < -0.3 is 9.47 Å². The number of nitrogens with zero attached hydrogens (tertiary/aromatic N) is 2. The molecule has 2 aliphatic rings. The number of nitrogens with one attached hydrogen (secondary N) is 1. The Balaban J connectivity index is 0.00000380. The number of halogens is 3. The fraction of sp³-hybridized carbons (Fsp3) is 0.520. The Bertz CT molecular complexity index is 1290. The van der Waals surface area contributed by atoms with Crippen LogP contribution in [0.1, 0.15) is 68.5 Å². The predicted molar refractivity (Wildman–Crippen MR) is 130 cm³/mol. The van der Waals surface area contributed by atoms with E-state index in [2.05, 4.69) is 5.32 Å². The van der Waals surface area contributed by atoms with Crippen molar-refractivity contribution in [2.24, 2.45) is 0 Å². The summed E-state index contributed by atoms with van der Waals surface area (Å²) in [5, 5.41) is 3.00. The van der Waals surface area contributed by atoms with Crippen molar-refractivity contribution in [2.75, 3.05) is 13.1 Å². The van der Waals surface area contributed by atoms with Gasteiger partial charge in [-0.3, -0.25) is 14.9 Å². The summed E-state index contributed by atoms with van der Waals surface area (Å²) < 4.78 is 65.7. The van der Waals surface area contributed by atoms with Crippen LogP contribution in [-0.2, 0) is 21.9 Å². The average molecular weight is 528 g/mol. The molecule has 2 aromatic rings. The summed E-state index contributed by atoms with van der Waals surface area (Å²) in [5.74, 6) is -2.10. The summed E-state index contributed by atoms with van der Waals surface area (Å²) in [6.45, 7) is 7.85. The van der Waals surface area contributed by atoms with E-state index >= 15 is 0 Å². The summed E-state index contributed by atoms with van der Waals surface area (Å²) in [5.41, 5.74) is -0.646. The van der Waals surface area contributed by atoms with E-state index in [1.165, 1.54) is 34.9 Å². The van der Waals surface area contributed by atoms with Gasteiger partial charge in [-0.05, 0) is 76.9 Å². The monoisotopic (exact) mass is 527 g/mol. The fourth-order valence-corrected chi connectivity index (χ4v) is 6.32. The van der Waals surface area contributed by atoms with Gasteiger partial charge in [0.1, 0.15) is 0 Å². The zero-order chi connectivity index (χ0) is 26.7. The first-order valence-corrected chi connectivity index (χ1v) is 13.4. The first kappa shape index (κ1) is 26.4. The van der Waals surface area contributed by atoms with Gasteiger partial charge in [0, 0.05) is 37.9 Å². The molecule has 1 fully saturated rings. The van der Waals surface area contributed by atoms with Crippen molar-refractivity contribution in [3.8, 4) is 0 Å². The Morgan fingerprint density at radius 3 is 2.14 bits per heavy atom. The molecule has 2 aliphatic heterocycles. The van der Waals surface area contributed by atoms with Crippen LogP contribution in [0, 0.1) is 0 Å². The topological polar surface area (TPSA) is 88.5 Å². The molecule has 0 atom stereocenters. The van der Waals surface area contributed by atoms with Gasteiger partial charge in [0.25, 0.3) is 11.7 Å². The highest BCUT2D eigenvalue weighted by atomic mass is 32.2. The zero-order valence-electron chi connectivity index (χ0n) is 20.6. The molecule has 1 N–H and O–H groups in total. The van der Waals surface area contributed by atoms with E-state index in [1.807, 2.05) is 13.8 Å². The second-order valence-corrected chi connectivity index (χ2v) is 13.0. The molecule has 1 aromatic carbocycles. The van der Waals surface area contributed by atoms with Gasteiger partial charge in [-0.25, -0.2) is 8.42 Å². The van der Waals surface area contributed by atoms with E-state index < -0.39 is 38.1 Å². The third kappa shape index (κ3) is 4.58. The first-order chi connectivity index (χ1) is 16.6.